The Morgan fingerprint density at radius 3 is 2.76 bits per heavy atom. The van der Waals surface area contributed by atoms with Gasteiger partial charge in [-0.05, 0) is 43.6 Å². The topological polar surface area (TPSA) is 150 Å². The number of nitrogens with two attached hydrogens (primary N) is 2. The maximum Gasteiger partial charge on any atom is 0.248 e. The third kappa shape index (κ3) is 3.41. The summed E-state index contributed by atoms with van der Waals surface area (Å²) in [7, 11) is 3.46. The lowest BCUT2D eigenvalue weighted by atomic mass is 9.84. The molecule has 11 nitrogen and oxygen atoms in total. The van der Waals surface area contributed by atoms with Crippen LogP contribution in [0.15, 0.2) is 43.0 Å². The van der Waals surface area contributed by atoms with Crippen molar-refractivity contribution in [1.82, 2.24) is 30.0 Å². The third-order valence-electron chi connectivity index (χ3n) is 7.76. The van der Waals surface area contributed by atoms with Crippen molar-refractivity contribution in [2.75, 3.05) is 37.9 Å². The normalized spacial score (nSPS) is 19.8. The van der Waals surface area contributed by atoms with Crippen LogP contribution in [0, 0.1) is 0 Å². The summed E-state index contributed by atoms with van der Waals surface area (Å²) in [4.78, 5) is 28.0. The van der Waals surface area contributed by atoms with Gasteiger partial charge in [-0.3, -0.25) is 9.78 Å². The Labute approximate surface area is 213 Å². The molecule has 1 unspecified atom stereocenters. The first-order chi connectivity index (χ1) is 18.0. The van der Waals surface area contributed by atoms with Crippen LogP contribution in [0.4, 0.5) is 11.5 Å². The molecule has 0 spiro atoms. The Hall–Kier alpha value is -4.25. The first kappa shape index (κ1) is 23.2. The van der Waals surface area contributed by atoms with E-state index in [9.17, 15) is 4.79 Å². The fourth-order valence-corrected chi connectivity index (χ4v) is 5.83. The quantitative estimate of drug-likeness (QED) is 0.373. The van der Waals surface area contributed by atoms with Crippen molar-refractivity contribution in [3.63, 3.8) is 0 Å². The average molecular weight is 500 g/mol. The van der Waals surface area contributed by atoms with Gasteiger partial charge in [0, 0.05) is 42.7 Å². The maximum atomic E-state index is 13.1. The van der Waals surface area contributed by atoms with Crippen molar-refractivity contribution in [1.29, 1.82) is 0 Å². The molecule has 1 saturated heterocycles. The number of nitrogens with zero attached hydrogens (tertiary/aromatic N) is 6. The van der Waals surface area contributed by atoms with Crippen LogP contribution >= 0.6 is 0 Å². The molecular formula is C26H29N9O2. The van der Waals surface area contributed by atoms with Crippen LogP contribution in [0.3, 0.4) is 0 Å². The molecule has 190 valence electrons. The summed E-state index contributed by atoms with van der Waals surface area (Å²) >= 11 is 0. The van der Waals surface area contributed by atoms with Gasteiger partial charge in [0.25, 0.3) is 0 Å². The van der Waals surface area contributed by atoms with E-state index in [-0.39, 0.29) is 6.04 Å². The molecule has 1 atom stereocenters. The number of fused-ring (bicyclic) bond motifs is 2. The SMILES string of the molecule is COc1cc(-c2nn(C3CCNCC3)c3ncnc(N)c23)ccc1C1(C(N)=O)Cc2cnccc2N1C. The van der Waals surface area contributed by atoms with Gasteiger partial charge in [-0.25, -0.2) is 14.6 Å². The summed E-state index contributed by atoms with van der Waals surface area (Å²) in [5.41, 5.74) is 16.0. The Kier molecular flexibility index (Phi) is 5.45. The molecule has 2 aliphatic rings. The van der Waals surface area contributed by atoms with E-state index in [0.717, 1.165) is 42.7 Å². The number of pyridine rings is 1. The Morgan fingerprint density at radius 1 is 1.22 bits per heavy atom. The number of piperidine rings is 1. The van der Waals surface area contributed by atoms with Gasteiger partial charge >= 0.3 is 0 Å². The van der Waals surface area contributed by atoms with Crippen LogP contribution < -0.4 is 26.4 Å². The maximum absolute atomic E-state index is 13.1. The Bertz CT molecular complexity index is 1510. The second-order valence-electron chi connectivity index (χ2n) is 9.61. The van der Waals surface area contributed by atoms with Gasteiger partial charge in [0.05, 0.1) is 18.5 Å². The van der Waals surface area contributed by atoms with Crippen molar-refractivity contribution in [2.24, 2.45) is 5.73 Å². The van der Waals surface area contributed by atoms with Gasteiger partial charge in [-0.2, -0.15) is 5.10 Å². The lowest BCUT2D eigenvalue weighted by Crippen LogP contribution is -2.52. The molecule has 1 aromatic carbocycles. The molecule has 0 bridgehead atoms. The highest BCUT2D eigenvalue weighted by atomic mass is 16.5. The molecule has 37 heavy (non-hydrogen) atoms. The minimum Gasteiger partial charge on any atom is -0.496 e. The molecule has 3 aromatic heterocycles. The number of primary amides is 1. The highest BCUT2D eigenvalue weighted by Gasteiger charge is 2.50. The zero-order chi connectivity index (χ0) is 25.7. The van der Waals surface area contributed by atoms with E-state index in [2.05, 4.69) is 20.3 Å². The van der Waals surface area contributed by atoms with Gasteiger partial charge in [0.1, 0.15) is 23.6 Å². The summed E-state index contributed by atoms with van der Waals surface area (Å²) in [5, 5.41) is 9.08. The van der Waals surface area contributed by atoms with E-state index in [1.807, 2.05) is 40.9 Å². The molecule has 0 aliphatic carbocycles. The van der Waals surface area contributed by atoms with E-state index in [4.69, 9.17) is 21.3 Å². The average Bonchev–Trinajstić information content (AvgIpc) is 3.46. The van der Waals surface area contributed by atoms with Crippen molar-refractivity contribution in [3.8, 4) is 17.0 Å². The summed E-state index contributed by atoms with van der Waals surface area (Å²) in [6.45, 7) is 1.84. The third-order valence-corrected chi connectivity index (χ3v) is 7.76. The second-order valence-corrected chi connectivity index (χ2v) is 9.61. The number of carbonyl (C=O) groups is 1. The van der Waals surface area contributed by atoms with Crippen LogP contribution in [-0.4, -0.2) is 57.9 Å². The molecule has 0 radical (unpaired) electrons. The van der Waals surface area contributed by atoms with Gasteiger partial charge < -0.3 is 26.4 Å². The minimum absolute atomic E-state index is 0.213. The first-order valence-electron chi connectivity index (χ1n) is 12.3. The number of likely N-dealkylation sites (N-methyl/N-ethyl adjacent to an activating group) is 1. The van der Waals surface area contributed by atoms with E-state index in [1.54, 1.807) is 19.5 Å². The van der Waals surface area contributed by atoms with Crippen LogP contribution in [0.1, 0.15) is 30.0 Å². The fourth-order valence-electron chi connectivity index (χ4n) is 5.83. The molecule has 0 saturated carbocycles. The Balaban J connectivity index is 1.50. The molecule has 2 aliphatic heterocycles. The van der Waals surface area contributed by atoms with Crippen LogP contribution in [-0.2, 0) is 16.8 Å². The van der Waals surface area contributed by atoms with Crippen LogP contribution in [0.5, 0.6) is 5.75 Å². The molecular weight excluding hydrogens is 470 g/mol. The number of ether oxygens (including phenoxy) is 1. The molecule has 1 amide bonds. The van der Waals surface area contributed by atoms with E-state index >= 15 is 0 Å². The number of carbonyl (C=O) groups excluding carboxylic acids is 1. The summed E-state index contributed by atoms with van der Waals surface area (Å²) < 4.78 is 7.83. The number of methoxy groups -OCH3 is 1. The van der Waals surface area contributed by atoms with E-state index in [0.29, 0.717) is 40.3 Å². The zero-order valence-corrected chi connectivity index (χ0v) is 20.8. The number of nitrogen functional groups attached to an aromatic ring is 1. The molecule has 11 heteroatoms. The number of aromatic nitrogens is 5. The lowest BCUT2D eigenvalue weighted by molar-refractivity contribution is -0.123. The first-order valence-corrected chi connectivity index (χ1v) is 12.3. The van der Waals surface area contributed by atoms with E-state index in [1.165, 1.54) is 6.33 Å². The largest absolute Gasteiger partial charge is 0.496 e. The predicted octanol–water partition coefficient (Wildman–Crippen LogP) is 1.78. The Morgan fingerprint density at radius 2 is 2.03 bits per heavy atom. The lowest BCUT2D eigenvalue weighted by Gasteiger charge is -2.36. The number of amides is 1. The standard InChI is InChI=1S/C26H29N9O2/c1-34-19-7-10-30-13-16(19)12-26(34,25(28)36)18-4-3-15(11-20(18)37-2)22-21-23(27)31-14-32-24(21)35(33-22)17-5-8-29-9-6-17/h3-4,7,10-11,13-14,17,29H,5-6,8-9,12H2,1-2H3,(H2,28,36)(H2,27,31,32). The number of hydrogen-bond donors (Lipinski definition) is 3. The number of benzene rings is 1. The smallest absolute Gasteiger partial charge is 0.248 e. The monoisotopic (exact) mass is 499 g/mol. The van der Waals surface area contributed by atoms with Crippen molar-refractivity contribution in [3.05, 3.63) is 54.1 Å². The van der Waals surface area contributed by atoms with Crippen LogP contribution in [0.25, 0.3) is 22.3 Å². The summed E-state index contributed by atoms with van der Waals surface area (Å²) in [6.07, 6.45) is 7.26. The molecule has 5 N–H and O–H groups in total. The molecule has 4 aromatic rings. The number of hydrogen-bond acceptors (Lipinski definition) is 9. The van der Waals surface area contributed by atoms with Crippen molar-refractivity contribution < 1.29 is 9.53 Å². The zero-order valence-electron chi connectivity index (χ0n) is 20.8. The molecule has 1 fully saturated rings. The van der Waals surface area contributed by atoms with Gasteiger partial charge in [0.15, 0.2) is 11.2 Å². The van der Waals surface area contributed by atoms with E-state index < -0.39 is 11.4 Å². The van der Waals surface area contributed by atoms with Crippen molar-refractivity contribution in [2.45, 2.75) is 30.8 Å². The number of nitrogens with one attached hydrogen (secondary N) is 1. The minimum atomic E-state index is -1.12. The van der Waals surface area contributed by atoms with Gasteiger partial charge in [-0.1, -0.05) is 12.1 Å². The number of rotatable bonds is 5. The molecule has 6 rings (SSSR count). The second kappa shape index (κ2) is 8.70. The highest BCUT2D eigenvalue weighted by Crippen LogP contribution is 2.47. The highest BCUT2D eigenvalue weighted by molar-refractivity contribution is 5.99. The van der Waals surface area contributed by atoms with Gasteiger partial charge in [-0.15, -0.1) is 0 Å². The molecule has 5 heterocycles. The summed E-state index contributed by atoms with van der Waals surface area (Å²) in [6, 6.07) is 7.81. The van der Waals surface area contributed by atoms with Crippen LogP contribution in [0.2, 0.25) is 0 Å². The summed E-state index contributed by atoms with van der Waals surface area (Å²) in [5.74, 6) is 0.440. The number of anilines is 2. The predicted molar refractivity (Wildman–Crippen MR) is 140 cm³/mol. The fraction of sp³-hybridized carbons (Fsp3) is 0.346. The van der Waals surface area contributed by atoms with Crippen molar-refractivity contribution >= 4 is 28.4 Å². The van der Waals surface area contributed by atoms with Gasteiger partial charge in [0.2, 0.25) is 5.91 Å².